The van der Waals surface area contributed by atoms with E-state index in [-0.39, 0.29) is 31.1 Å². The lowest BCUT2D eigenvalue weighted by atomic mass is 10.0. The highest BCUT2D eigenvalue weighted by molar-refractivity contribution is 5.71. The third kappa shape index (κ3) is 38.9. The van der Waals surface area contributed by atoms with Gasteiger partial charge in [-0.2, -0.15) is 0 Å². The molecule has 0 aliphatic carbocycles. The predicted octanol–water partition coefficient (Wildman–Crippen LogP) is 13.8. The molecular formula is C46H82O6. The van der Waals surface area contributed by atoms with Gasteiger partial charge in [0.2, 0.25) is 0 Å². The summed E-state index contributed by atoms with van der Waals surface area (Å²) in [5.74, 6) is -0.928. The lowest BCUT2D eigenvalue weighted by molar-refractivity contribution is -0.167. The first-order valence-corrected chi connectivity index (χ1v) is 22.0. The molecule has 0 N–H and O–H groups in total. The van der Waals surface area contributed by atoms with Crippen LogP contribution in [0.1, 0.15) is 220 Å². The van der Waals surface area contributed by atoms with Gasteiger partial charge in [-0.15, -0.1) is 0 Å². The first-order chi connectivity index (χ1) is 25.5. The van der Waals surface area contributed by atoms with Crippen molar-refractivity contribution in [2.24, 2.45) is 0 Å². The van der Waals surface area contributed by atoms with Crippen molar-refractivity contribution in [2.45, 2.75) is 226 Å². The smallest absolute Gasteiger partial charge is 0.306 e. The lowest BCUT2D eigenvalue weighted by Crippen LogP contribution is -2.30. The molecule has 0 spiro atoms. The van der Waals surface area contributed by atoms with E-state index in [0.29, 0.717) is 19.3 Å². The van der Waals surface area contributed by atoms with Crippen LogP contribution < -0.4 is 0 Å². The Hall–Kier alpha value is -2.37. The highest BCUT2D eigenvalue weighted by Gasteiger charge is 2.19. The monoisotopic (exact) mass is 731 g/mol. The van der Waals surface area contributed by atoms with Gasteiger partial charge in [-0.3, -0.25) is 14.4 Å². The van der Waals surface area contributed by atoms with Gasteiger partial charge < -0.3 is 14.2 Å². The van der Waals surface area contributed by atoms with Crippen LogP contribution in [0.2, 0.25) is 0 Å². The number of allylic oxidation sites excluding steroid dienone is 6. The molecule has 0 radical (unpaired) electrons. The molecule has 0 rings (SSSR count). The van der Waals surface area contributed by atoms with Crippen molar-refractivity contribution in [3.8, 4) is 0 Å². The van der Waals surface area contributed by atoms with Crippen LogP contribution in [0.15, 0.2) is 36.5 Å². The Morgan fingerprint density at radius 2 is 0.712 bits per heavy atom. The summed E-state index contributed by atoms with van der Waals surface area (Å²) in [6.07, 6.45) is 45.6. The zero-order valence-corrected chi connectivity index (χ0v) is 34.3. The molecule has 0 heterocycles. The third-order valence-corrected chi connectivity index (χ3v) is 9.40. The van der Waals surface area contributed by atoms with Gasteiger partial charge in [0.1, 0.15) is 13.2 Å². The highest BCUT2D eigenvalue weighted by atomic mass is 16.6. The molecule has 6 nitrogen and oxygen atoms in total. The molecular weight excluding hydrogens is 648 g/mol. The van der Waals surface area contributed by atoms with Crippen molar-refractivity contribution < 1.29 is 28.6 Å². The Morgan fingerprint density at radius 3 is 1.17 bits per heavy atom. The van der Waals surface area contributed by atoms with Crippen LogP contribution in [-0.4, -0.2) is 37.2 Å². The van der Waals surface area contributed by atoms with Crippen LogP contribution in [0.5, 0.6) is 0 Å². The highest BCUT2D eigenvalue weighted by Crippen LogP contribution is 2.14. The van der Waals surface area contributed by atoms with Crippen molar-refractivity contribution in [3.05, 3.63) is 36.5 Å². The summed E-state index contributed by atoms with van der Waals surface area (Å²) < 4.78 is 16.6. The lowest BCUT2D eigenvalue weighted by Gasteiger charge is -2.18. The fourth-order valence-corrected chi connectivity index (χ4v) is 5.99. The first kappa shape index (κ1) is 49.6. The minimum absolute atomic E-state index is 0.0847. The SMILES string of the molecule is CCCC/C=C\C=C/CCCCCC(=O)OC(COC(=O)CCCCCC/C=C\CCCC)COC(=O)CCCCCCCCCCCCCCC. The van der Waals surface area contributed by atoms with Gasteiger partial charge in [-0.25, -0.2) is 0 Å². The van der Waals surface area contributed by atoms with Crippen LogP contribution >= 0.6 is 0 Å². The molecule has 0 aliphatic rings. The van der Waals surface area contributed by atoms with E-state index >= 15 is 0 Å². The number of rotatable bonds is 39. The molecule has 1 unspecified atom stereocenters. The molecule has 0 bridgehead atoms. The number of carbonyl (C=O) groups is 3. The van der Waals surface area contributed by atoms with Crippen LogP contribution in [-0.2, 0) is 28.6 Å². The molecule has 0 aliphatic heterocycles. The molecule has 0 saturated heterocycles. The van der Waals surface area contributed by atoms with Gasteiger partial charge in [0.25, 0.3) is 0 Å². The van der Waals surface area contributed by atoms with Gasteiger partial charge in [0.05, 0.1) is 0 Å². The molecule has 52 heavy (non-hydrogen) atoms. The fraction of sp³-hybridized carbons (Fsp3) is 0.804. The van der Waals surface area contributed by atoms with Crippen molar-refractivity contribution in [3.63, 3.8) is 0 Å². The van der Waals surface area contributed by atoms with Crippen LogP contribution in [0.25, 0.3) is 0 Å². The average molecular weight is 731 g/mol. The van der Waals surface area contributed by atoms with E-state index in [0.717, 1.165) is 89.9 Å². The van der Waals surface area contributed by atoms with E-state index in [1.807, 2.05) is 0 Å². The molecule has 0 amide bonds. The van der Waals surface area contributed by atoms with Crippen molar-refractivity contribution in [1.82, 2.24) is 0 Å². The Kier molecular flexibility index (Phi) is 39.5. The second-order valence-corrected chi connectivity index (χ2v) is 14.6. The molecule has 0 aromatic carbocycles. The van der Waals surface area contributed by atoms with E-state index in [4.69, 9.17) is 14.2 Å². The molecule has 6 heteroatoms. The van der Waals surface area contributed by atoms with E-state index in [9.17, 15) is 14.4 Å². The molecule has 1 atom stereocenters. The van der Waals surface area contributed by atoms with Gasteiger partial charge in [-0.05, 0) is 57.8 Å². The Labute approximate surface area is 321 Å². The van der Waals surface area contributed by atoms with Crippen molar-refractivity contribution in [1.29, 1.82) is 0 Å². The van der Waals surface area contributed by atoms with Crippen molar-refractivity contribution >= 4 is 17.9 Å². The quantitative estimate of drug-likeness (QED) is 0.0206. The largest absolute Gasteiger partial charge is 0.462 e. The molecule has 0 fully saturated rings. The van der Waals surface area contributed by atoms with Crippen molar-refractivity contribution in [2.75, 3.05) is 13.2 Å². The zero-order valence-electron chi connectivity index (χ0n) is 34.3. The second-order valence-electron chi connectivity index (χ2n) is 14.6. The van der Waals surface area contributed by atoms with E-state index in [2.05, 4.69) is 57.2 Å². The summed E-state index contributed by atoms with van der Waals surface area (Å²) in [5.41, 5.74) is 0. The van der Waals surface area contributed by atoms with Gasteiger partial charge in [0.15, 0.2) is 6.10 Å². The minimum Gasteiger partial charge on any atom is -0.462 e. The molecule has 0 saturated carbocycles. The van der Waals surface area contributed by atoms with Crippen LogP contribution in [0.3, 0.4) is 0 Å². The number of hydrogen-bond donors (Lipinski definition) is 0. The standard InChI is InChI=1S/C46H82O6/c1-4-7-10-13-16-19-22-23-25-27-30-33-36-39-45(48)51-42-43(41-50-44(47)38-35-32-29-26-21-18-15-12-9-6-3)52-46(49)40-37-34-31-28-24-20-17-14-11-8-5-2/h14-15,17-18,20,24,43H,4-13,16,19,21-23,25-42H2,1-3H3/b17-14-,18-15-,24-20-. The fourth-order valence-electron chi connectivity index (χ4n) is 5.99. The van der Waals surface area contributed by atoms with Gasteiger partial charge >= 0.3 is 17.9 Å². The topological polar surface area (TPSA) is 78.9 Å². The van der Waals surface area contributed by atoms with Crippen LogP contribution in [0, 0.1) is 0 Å². The average Bonchev–Trinajstić information content (AvgIpc) is 3.14. The number of unbranched alkanes of at least 4 members (excludes halogenated alkanes) is 23. The number of carbonyl (C=O) groups excluding carboxylic acids is 3. The Balaban J connectivity index is 4.40. The maximum Gasteiger partial charge on any atom is 0.306 e. The van der Waals surface area contributed by atoms with E-state index in [1.165, 1.54) is 89.9 Å². The summed E-state index contributed by atoms with van der Waals surface area (Å²) in [6.45, 7) is 6.49. The summed E-state index contributed by atoms with van der Waals surface area (Å²) in [4.78, 5) is 37.6. The molecule has 0 aromatic heterocycles. The van der Waals surface area contributed by atoms with E-state index < -0.39 is 6.10 Å². The Bertz CT molecular complexity index is 891. The van der Waals surface area contributed by atoms with Gasteiger partial charge in [0, 0.05) is 19.3 Å². The first-order valence-electron chi connectivity index (χ1n) is 22.0. The zero-order chi connectivity index (χ0) is 38.0. The van der Waals surface area contributed by atoms with E-state index in [1.54, 1.807) is 0 Å². The maximum absolute atomic E-state index is 12.7. The minimum atomic E-state index is -0.783. The Morgan fingerprint density at radius 1 is 0.385 bits per heavy atom. The summed E-state index contributed by atoms with van der Waals surface area (Å²) in [6, 6.07) is 0. The summed E-state index contributed by atoms with van der Waals surface area (Å²) in [7, 11) is 0. The maximum atomic E-state index is 12.7. The summed E-state index contributed by atoms with van der Waals surface area (Å²) >= 11 is 0. The van der Waals surface area contributed by atoms with Crippen LogP contribution in [0.4, 0.5) is 0 Å². The molecule has 302 valence electrons. The second kappa shape index (κ2) is 41.4. The third-order valence-electron chi connectivity index (χ3n) is 9.40. The normalized spacial score (nSPS) is 12.3. The number of hydrogen-bond acceptors (Lipinski definition) is 6. The van der Waals surface area contributed by atoms with Gasteiger partial charge in [-0.1, -0.05) is 179 Å². The molecule has 0 aromatic rings. The number of esters is 3. The predicted molar refractivity (Wildman–Crippen MR) is 219 cm³/mol. The number of ether oxygens (including phenoxy) is 3. The summed E-state index contributed by atoms with van der Waals surface area (Å²) in [5, 5.41) is 0.